The van der Waals surface area contributed by atoms with Crippen LogP contribution in [0, 0.1) is 0 Å². The van der Waals surface area contributed by atoms with E-state index in [1.165, 1.54) is 32.4 Å². The highest BCUT2D eigenvalue weighted by Crippen LogP contribution is 2.32. The number of aryl methyl sites for hydroxylation is 1. The van der Waals surface area contributed by atoms with Crippen molar-refractivity contribution in [3.63, 3.8) is 0 Å². The molecule has 0 aliphatic carbocycles. The Balaban J connectivity index is 1.49. The zero-order chi connectivity index (χ0) is 25.5. The number of carbonyl (C=O) groups is 1. The van der Waals surface area contributed by atoms with Crippen molar-refractivity contribution in [2.45, 2.75) is 51.9 Å². The first-order valence-electron chi connectivity index (χ1n) is 12.9. The molecule has 0 radical (unpaired) electrons. The summed E-state index contributed by atoms with van der Waals surface area (Å²) in [6, 6.07) is 12.2. The van der Waals surface area contributed by atoms with Gasteiger partial charge in [0.25, 0.3) is 0 Å². The van der Waals surface area contributed by atoms with Gasteiger partial charge in [0.05, 0.1) is 18.4 Å². The number of hydrogen-bond acceptors (Lipinski definition) is 6. The van der Waals surface area contributed by atoms with Crippen LogP contribution < -0.4 is 9.46 Å². The Morgan fingerprint density at radius 3 is 2.50 bits per heavy atom. The van der Waals surface area contributed by atoms with Crippen LogP contribution in [-0.4, -0.2) is 51.6 Å². The van der Waals surface area contributed by atoms with Crippen LogP contribution in [0.5, 0.6) is 5.75 Å². The molecule has 0 unspecified atom stereocenters. The smallest absolute Gasteiger partial charge is 0.229 e. The first-order chi connectivity index (χ1) is 17.3. The monoisotopic (exact) mass is 512 g/mol. The number of nitrogens with zero attached hydrogens (tertiary/aromatic N) is 1. The average molecular weight is 513 g/mol. The molecule has 1 fully saturated rings. The third-order valence-corrected chi connectivity index (χ3v) is 7.11. The molecule has 0 atom stereocenters. The molecule has 0 spiro atoms. The second-order valence-corrected chi connectivity index (χ2v) is 11.3. The van der Waals surface area contributed by atoms with E-state index in [2.05, 4.69) is 16.5 Å². The van der Waals surface area contributed by atoms with E-state index in [-0.39, 0.29) is 5.78 Å². The summed E-state index contributed by atoms with van der Waals surface area (Å²) in [6.45, 7) is 6.16. The quantitative estimate of drug-likeness (QED) is 0.250. The Hall–Kier alpha value is -2.84. The zero-order valence-electron chi connectivity index (χ0n) is 21.2. The van der Waals surface area contributed by atoms with Crippen molar-refractivity contribution in [3.8, 4) is 5.75 Å². The molecule has 2 heterocycles. The van der Waals surface area contributed by atoms with Gasteiger partial charge in [0.1, 0.15) is 17.1 Å². The summed E-state index contributed by atoms with van der Waals surface area (Å²) >= 11 is 0. The van der Waals surface area contributed by atoms with Gasteiger partial charge in [-0.1, -0.05) is 19.8 Å². The maximum Gasteiger partial charge on any atom is 0.229 e. The average Bonchev–Trinajstić information content (AvgIpc) is 3.22. The highest BCUT2D eigenvalue weighted by atomic mass is 32.2. The van der Waals surface area contributed by atoms with Gasteiger partial charge in [-0.15, -0.1) is 0 Å². The van der Waals surface area contributed by atoms with Gasteiger partial charge in [-0.3, -0.25) is 9.52 Å². The predicted molar refractivity (Wildman–Crippen MR) is 144 cm³/mol. The summed E-state index contributed by atoms with van der Waals surface area (Å²) < 4.78 is 37.9. The lowest BCUT2D eigenvalue weighted by atomic mass is 9.98. The number of anilines is 1. The van der Waals surface area contributed by atoms with Crippen LogP contribution in [0.3, 0.4) is 0 Å². The van der Waals surface area contributed by atoms with Crippen LogP contribution in [0.15, 0.2) is 46.9 Å². The highest BCUT2D eigenvalue weighted by molar-refractivity contribution is 7.92. The Kier molecular flexibility index (Phi) is 8.69. The lowest BCUT2D eigenvalue weighted by Crippen LogP contribution is -2.31. The largest absolute Gasteiger partial charge is 0.494 e. The molecule has 0 amide bonds. The number of carbonyl (C=O) groups excluding carboxylic acids is 1. The molecule has 2 aromatic carbocycles. The van der Waals surface area contributed by atoms with E-state index in [1.54, 1.807) is 30.3 Å². The van der Waals surface area contributed by atoms with Crippen LogP contribution in [0.25, 0.3) is 11.0 Å². The molecule has 36 heavy (non-hydrogen) atoms. The SMILES string of the molecule is CCCCc1oc2ccc(NS(C)(=O)=O)cc2c1C(=O)c1ccc(OCCCN2CCCCC2)cc1. The first kappa shape index (κ1) is 26.2. The summed E-state index contributed by atoms with van der Waals surface area (Å²) in [4.78, 5) is 16.1. The van der Waals surface area contributed by atoms with E-state index in [0.29, 0.717) is 46.6 Å². The van der Waals surface area contributed by atoms with Crippen LogP contribution in [0.2, 0.25) is 0 Å². The minimum atomic E-state index is -3.44. The molecule has 0 saturated carbocycles. The standard InChI is InChI=1S/C28H36N2O5S/c1-3-4-9-26-27(24-20-22(29-36(2,32)33)12-15-25(24)35-26)28(31)21-10-13-23(14-11-21)34-19-8-18-30-16-6-5-7-17-30/h10-15,20,29H,3-9,16-19H2,1-2H3. The van der Waals surface area contributed by atoms with E-state index in [0.717, 1.165) is 37.8 Å². The normalized spacial score (nSPS) is 14.7. The Morgan fingerprint density at radius 1 is 1.06 bits per heavy atom. The number of ether oxygens (including phenoxy) is 1. The lowest BCUT2D eigenvalue weighted by Gasteiger charge is -2.26. The van der Waals surface area contributed by atoms with Gasteiger partial charge in [-0.05, 0) is 81.2 Å². The van der Waals surface area contributed by atoms with Crippen molar-refractivity contribution >= 4 is 32.5 Å². The number of piperidine rings is 1. The third kappa shape index (κ3) is 6.89. The van der Waals surface area contributed by atoms with Gasteiger partial charge in [-0.2, -0.15) is 0 Å². The molecule has 0 bridgehead atoms. The van der Waals surface area contributed by atoms with E-state index in [1.807, 2.05) is 12.1 Å². The van der Waals surface area contributed by atoms with Crippen LogP contribution >= 0.6 is 0 Å². The van der Waals surface area contributed by atoms with E-state index >= 15 is 0 Å². The van der Waals surface area contributed by atoms with Gasteiger partial charge in [-0.25, -0.2) is 8.42 Å². The van der Waals surface area contributed by atoms with Crippen LogP contribution in [0.4, 0.5) is 5.69 Å². The minimum absolute atomic E-state index is 0.145. The van der Waals surface area contributed by atoms with Crippen molar-refractivity contribution in [1.29, 1.82) is 0 Å². The topological polar surface area (TPSA) is 88.8 Å². The fraction of sp³-hybridized carbons (Fsp3) is 0.464. The van der Waals surface area contributed by atoms with Gasteiger partial charge >= 0.3 is 0 Å². The molecule has 1 saturated heterocycles. The summed E-state index contributed by atoms with van der Waals surface area (Å²) in [7, 11) is -3.44. The summed E-state index contributed by atoms with van der Waals surface area (Å²) in [5, 5.41) is 0.609. The fourth-order valence-corrected chi connectivity index (χ4v) is 5.25. The summed E-state index contributed by atoms with van der Waals surface area (Å²) in [5.74, 6) is 1.23. The van der Waals surface area contributed by atoms with Crippen molar-refractivity contribution < 1.29 is 22.4 Å². The molecule has 1 aliphatic rings. The highest BCUT2D eigenvalue weighted by Gasteiger charge is 2.22. The molecule has 8 heteroatoms. The molecule has 1 aliphatic heterocycles. The maximum absolute atomic E-state index is 13.6. The Morgan fingerprint density at radius 2 is 1.81 bits per heavy atom. The zero-order valence-corrected chi connectivity index (χ0v) is 22.0. The molecule has 4 rings (SSSR count). The number of unbranched alkanes of at least 4 members (excludes halogenated alkanes) is 1. The van der Waals surface area contributed by atoms with E-state index in [4.69, 9.17) is 9.15 Å². The summed E-state index contributed by atoms with van der Waals surface area (Å²) in [6.07, 6.45) is 8.49. The lowest BCUT2D eigenvalue weighted by molar-refractivity contribution is 0.103. The minimum Gasteiger partial charge on any atom is -0.494 e. The number of nitrogens with one attached hydrogen (secondary N) is 1. The third-order valence-electron chi connectivity index (χ3n) is 6.50. The van der Waals surface area contributed by atoms with E-state index < -0.39 is 10.0 Å². The molecule has 194 valence electrons. The van der Waals surface area contributed by atoms with Gasteiger partial charge in [0.2, 0.25) is 10.0 Å². The molecule has 1 aromatic heterocycles. The van der Waals surface area contributed by atoms with Gasteiger partial charge in [0, 0.05) is 29.6 Å². The number of ketones is 1. The number of hydrogen-bond donors (Lipinski definition) is 1. The maximum atomic E-state index is 13.6. The number of benzene rings is 2. The fourth-order valence-electron chi connectivity index (χ4n) is 4.70. The number of fused-ring (bicyclic) bond motifs is 1. The summed E-state index contributed by atoms with van der Waals surface area (Å²) in [5.41, 5.74) is 2.00. The second kappa shape index (κ2) is 11.9. The van der Waals surface area contributed by atoms with Crippen molar-refractivity contribution in [3.05, 3.63) is 59.4 Å². The van der Waals surface area contributed by atoms with Crippen LogP contribution in [-0.2, 0) is 16.4 Å². The van der Waals surface area contributed by atoms with Crippen molar-refractivity contribution in [2.75, 3.05) is 37.2 Å². The van der Waals surface area contributed by atoms with Crippen molar-refractivity contribution in [2.24, 2.45) is 0 Å². The predicted octanol–water partition coefficient (Wildman–Crippen LogP) is 5.63. The molecular weight excluding hydrogens is 476 g/mol. The van der Waals surface area contributed by atoms with Gasteiger partial charge < -0.3 is 14.1 Å². The Labute approximate surface area is 213 Å². The molecule has 7 nitrogen and oxygen atoms in total. The first-order valence-corrected chi connectivity index (χ1v) is 14.8. The molecular formula is C28H36N2O5S. The number of rotatable bonds is 12. The molecule has 3 aromatic rings. The van der Waals surface area contributed by atoms with Gasteiger partial charge in [0.15, 0.2) is 5.78 Å². The number of sulfonamides is 1. The van der Waals surface area contributed by atoms with E-state index in [9.17, 15) is 13.2 Å². The Bertz CT molecular complexity index is 1280. The number of likely N-dealkylation sites (tertiary alicyclic amines) is 1. The molecule has 1 N–H and O–H groups in total. The number of furan rings is 1. The second-order valence-electron chi connectivity index (χ2n) is 9.55. The van der Waals surface area contributed by atoms with Crippen LogP contribution in [0.1, 0.15) is 67.1 Å². The van der Waals surface area contributed by atoms with Crippen molar-refractivity contribution in [1.82, 2.24) is 4.90 Å².